The molecule has 1 aliphatic rings. The van der Waals surface area contributed by atoms with Crippen LogP contribution in [0.4, 0.5) is 0 Å². The molecule has 12 atom stereocenters. The highest BCUT2D eigenvalue weighted by Gasteiger charge is 2.40. The van der Waals surface area contributed by atoms with E-state index in [1.807, 2.05) is 0 Å². The Kier molecular flexibility index (Phi) is 36.9. The lowest BCUT2D eigenvalue weighted by molar-refractivity contribution is -0.143. The summed E-state index contributed by atoms with van der Waals surface area (Å²) in [4.78, 5) is 228. The topological polar surface area (TPSA) is 648 Å². The number of thioether (sulfide) groups is 1. The molecule has 1 fully saturated rings. The summed E-state index contributed by atoms with van der Waals surface area (Å²) in [5, 5.41) is 64.1. The molecule has 43 heteroatoms. The molecule has 0 saturated carbocycles. The number of hydrogen-bond donors (Lipinski definition) is 23. The number of nitrogens with one attached hydrogen (secondary N) is 19. The minimum Gasteiger partial charge on any atom is -0.394 e. The summed E-state index contributed by atoms with van der Waals surface area (Å²) in [5.41, 5.74) is 20.2. The van der Waals surface area contributed by atoms with Crippen molar-refractivity contribution in [1.29, 1.82) is 10.8 Å². The van der Waals surface area contributed by atoms with E-state index in [-0.39, 0.29) is 90.1 Å². The summed E-state index contributed by atoms with van der Waals surface area (Å²) >= 11 is 0.810. The number of H-pyrrole nitrogens is 3. The SMILES string of the molecule is CC[C@@H](C)[C@H]1NC(=O)[C@@H](Cc2ccccc2)NC(=O)CSC[C@H](C(=O)NCC(N)=O)NC(=O)[C@@H](Cc2cncn2C)NC(=O)[C@@H](CCCNC(=N)N)NC(=O)[C@@H](Cc2cnc[nH]2)NC(=O)[C@@H](Cc2ccccc2)N(C)C(=O)[C@@H](CCCNC(=N)N)NC(=O)[C@@H](CO)NC(=O)CNC(=O)[C@@H](CCc2cnc[nH]2)NC(=O)[C@@H](Cc2c[nH]c3ccccc23)NC1=O. The molecule has 8 rings (SSSR count). The number of benzene rings is 3. The summed E-state index contributed by atoms with van der Waals surface area (Å²) in [7, 11) is 2.87. The number of carbonyl (C=O) groups excluding carboxylic acids is 14. The minimum atomic E-state index is -1.83. The highest BCUT2D eigenvalue weighted by molar-refractivity contribution is 8.00. The number of aliphatic hydroxyl groups excluding tert-OH is 1. The molecule has 5 heterocycles. The van der Waals surface area contributed by atoms with Crippen LogP contribution in [-0.4, -0.2) is 257 Å². The van der Waals surface area contributed by atoms with Crippen molar-refractivity contribution in [1.82, 2.24) is 114 Å². The van der Waals surface area contributed by atoms with Crippen molar-refractivity contribution in [2.24, 2.45) is 30.2 Å². The Morgan fingerprint density at radius 2 is 1.07 bits per heavy atom. The molecule has 7 aromatic rings. The van der Waals surface area contributed by atoms with Gasteiger partial charge in [0.05, 0.1) is 44.4 Å². The van der Waals surface area contributed by atoms with Gasteiger partial charge in [-0.1, -0.05) is 99.1 Å². The largest absolute Gasteiger partial charge is 0.394 e. The number of hydrogen-bond acceptors (Lipinski definition) is 21. The molecular formula is C80H109N27O15S. The van der Waals surface area contributed by atoms with Crippen LogP contribution in [0, 0.1) is 16.7 Å². The van der Waals surface area contributed by atoms with E-state index >= 15 is 33.6 Å². The van der Waals surface area contributed by atoms with Crippen LogP contribution >= 0.6 is 11.8 Å². The predicted octanol–water partition coefficient (Wildman–Crippen LogP) is -4.80. The Morgan fingerprint density at radius 3 is 1.68 bits per heavy atom. The summed E-state index contributed by atoms with van der Waals surface area (Å²) in [6, 6.07) is 6.90. The Hall–Kier alpha value is -13.7. The van der Waals surface area contributed by atoms with Crippen molar-refractivity contribution in [2.75, 3.05) is 51.3 Å². The maximum absolute atomic E-state index is 15.4. The van der Waals surface area contributed by atoms with Gasteiger partial charge in [-0.3, -0.25) is 77.9 Å². The van der Waals surface area contributed by atoms with Gasteiger partial charge in [-0.15, -0.1) is 11.8 Å². The predicted molar refractivity (Wildman–Crippen MR) is 452 cm³/mol. The van der Waals surface area contributed by atoms with Gasteiger partial charge >= 0.3 is 0 Å². The van der Waals surface area contributed by atoms with E-state index in [1.165, 1.54) is 44.6 Å². The molecule has 660 valence electrons. The summed E-state index contributed by atoms with van der Waals surface area (Å²) in [5.74, 6) is -15.6. The number of likely N-dealkylation sites (N-methyl/N-ethyl adjacent to an activating group) is 1. The molecule has 3 aromatic carbocycles. The number of nitrogens with zero attached hydrogens (tertiary/aromatic N) is 5. The smallest absolute Gasteiger partial charge is 0.245 e. The van der Waals surface area contributed by atoms with Gasteiger partial charge in [0.2, 0.25) is 82.7 Å². The zero-order valence-electron chi connectivity index (χ0n) is 68.5. The highest BCUT2D eigenvalue weighted by atomic mass is 32.2. The number of aromatic nitrogens is 7. The van der Waals surface area contributed by atoms with Crippen LogP contribution < -0.4 is 91.6 Å². The van der Waals surface area contributed by atoms with Crippen molar-refractivity contribution < 1.29 is 72.2 Å². The van der Waals surface area contributed by atoms with E-state index in [0.717, 1.165) is 16.7 Å². The Morgan fingerprint density at radius 1 is 0.545 bits per heavy atom. The van der Waals surface area contributed by atoms with Crippen molar-refractivity contribution in [2.45, 2.75) is 157 Å². The summed E-state index contributed by atoms with van der Waals surface area (Å²) in [6.45, 7) is 0.757. The van der Waals surface area contributed by atoms with E-state index in [0.29, 0.717) is 44.7 Å². The second-order valence-electron chi connectivity index (χ2n) is 29.6. The fourth-order valence-electron chi connectivity index (χ4n) is 13.4. The number of aryl methyl sites for hydroxylation is 2. The van der Waals surface area contributed by atoms with Gasteiger partial charge in [0.15, 0.2) is 11.9 Å². The zero-order chi connectivity index (χ0) is 89.1. The first kappa shape index (κ1) is 94.7. The normalized spacial score (nSPS) is 22.0. The fraction of sp³-hybridized carbons (Fsp3) is 0.438. The molecular weight excluding hydrogens is 1610 g/mol. The number of aromatic amines is 3. The lowest BCUT2D eigenvalue weighted by Gasteiger charge is -2.33. The quantitative estimate of drug-likeness (QED) is 0.0131. The summed E-state index contributed by atoms with van der Waals surface area (Å²) in [6.07, 6.45) is 8.63. The molecule has 0 aliphatic carbocycles. The van der Waals surface area contributed by atoms with Gasteiger partial charge < -0.3 is 121 Å². The van der Waals surface area contributed by atoms with Gasteiger partial charge in [-0.25, -0.2) is 15.0 Å². The van der Waals surface area contributed by atoms with E-state index in [2.05, 4.69) is 104 Å². The molecule has 1 saturated heterocycles. The van der Waals surface area contributed by atoms with Crippen LogP contribution in [0.1, 0.15) is 86.1 Å². The average Bonchev–Trinajstić information content (AvgIpc) is 1.72. The number of carbonyl (C=O) groups is 14. The molecule has 4 aromatic heterocycles. The van der Waals surface area contributed by atoms with Crippen molar-refractivity contribution in [3.8, 4) is 0 Å². The van der Waals surface area contributed by atoms with E-state index in [9.17, 15) is 38.7 Å². The molecule has 1 aliphatic heterocycles. The van der Waals surface area contributed by atoms with Gasteiger partial charge in [0.25, 0.3) is 0 Å². The van der Waals surface area contributed by atoms with Crippen molar-refractivity contribution in [3.05, 3.63) is 162 Å². The van der Waals surface area contributed by atoms with Gasteiger partial charge in [0, 0.05) is 118 Å². The molecule has 42 nitrogen and oxygen atoms in total. The first-order chi connectivity index (χ1) is 59.0. The van der Waals surface area contributed by atoms with E-state index in [4.69, 9.17) is 28.0 Å². The maximum atomic E-state index is 15.4. The summed E-state index contributed by atoms with van der Waals surface area (Å²) < 4.78 is 1.54. The number of para-hydroxylation sites is 1. The lowest BCUT2D eigenvalue weighted by atomic mass is 9.96. The number of aliphatic hydroxyl groups is 1. The molecule has 14 amide bonds. The van der Waals surface area contributed by atoms with E-state index in [1.54, 1.807) is 117 Å². The number of fused-ring (bicyclic) bond motifs is 1. The first-order valence-electron chi connectivity index (χ1n) is 40.0. The third-order valence-corrected chi connectivity index (χ3v) is 21.4. The Balaban J connectivity index is 1.20. The van der Waals surface area contributed by atoms with Crippen molar-refractivity contribution >= 4 is 117 Å². The van der Waals surface area contributed by atoms with Gasteiger partial charge in [0.1, 0.15) is 66.5 Å². The number of rotatable bonds is 27. The number of guanidine groups is 2. The van der Waals surface area contributed by atoms with Crippen LogP contribution in [0.5, 0.6) is 0 Å². The second kappa shape index (κ2) is 47.9. The monoisotopic (exact) mass is 1720 g/mol. The fourth-order valence-corrected chi connectivity index (χ4v) is 14.3. The Bertz CT molecular complexity index is 4760. The number of primary amides is 1. The van der Waals surface area contributed by atoms with Crippen LogP contribution in [0.25, 0.3) is 10.9 Å². The number of imidazole rings is 3. The molecule has 26 N–H and O–H groups in total. The minimum absolute atomic E-state index is 0.0149. The zero-order valence-corrected chi connectivity index (χ0v) is 69.3. The Labute approximate surface area is 712 Å². The third kappa shape index (κ3) is 30.2. The van der Waals surface area contributed by atoms with Crippen molar-refractivity contribution in [3.63, 3.8) is 0 Å². The highest BCUT2D eigenvalue weighted by Crippen LogP contribution is 2.22. The number of amides is 14. The van der Waals surface area contributed by atoms with Gasteiger partial charge in [-0.05, 0) is 67.2 Å². The second-order valence-corrected chi connectivity index (χ2v) is 30.6. The maximum Gasteiger partial charge on any atom is 0.245 e. The molecule has 0 spiro atoms. The first-order valence-corrected chi connectivity index (χ1v) is 41.1. The van der Waals surface area contributed by atoms with Gasteiger partial charge in [-0.2, -0.15) is 0 Å². The molecule has 123 heavy (non-hydrogen) atoms. The van der Waals surface area contributed by atoms with Crippen LogP contribution in [0.15, 0.2) is 129 Å². The van der Waals surface area contributed by atoms with Crippen LogP contribution in [0.3, 0.4) is 0 Å². The number of nitrogens with two attached hydrogens (primary N) is 3. The molecule has 0 unspecified atom stereocenters. The standard InChI is InChI=1S/C80H109N27O15S/c1-5-45(2)67-77(121)103-58(30-48-33-91-53-21-13-12-20-52(48)53)71(115)99-55(25-24-49-34-86-42-94-49)68(112)93-38-65(110)97-61(39-108)75(119)100-56(23-15-27-90-80(84)85)78(122)107(4)63(29-47-18-10-7-11-19-47)76(120)102-59(31-50-35-87-43-95-50)72(116)98-54(22-14-26-89-79(82)83)70(114)101-60(32-51-36-88-44-106(51)3)73(117)104-62(69(113)92-37-64(81)109)40-123-41-66(111)96-57(74(118)105-67)28-46-16-8-6-9-17-46/h6-13,16-21,33-36,42-45,54-63,67,91,108H,5,14-15,22-32,37-41H2,1-4H3,(H2,81,109)(H,86,94)(H,87,95)(H,92,113)(H,93,112)(H,96,111)(H,97,110)(H,98,116)(H,99,115)(H,100,119)(H,101,114)(H,102,120)(H,103,121)(H,104,117)(H,105,118)(H4,82,83,89)(H4,84,85,90)/t45-,54-,55-,56-,57-,58-,59-,60-,61-,62-,63-,67-/m1/s1. The molecule has 0 bridgehead atoms. The average molecular weight is 1720 g/mol. The van der Waals surface area contributed by atoms with Crippen LogP contribution in [0.2, 0.25) is 0 Å². The van der Waals surface area contributed by atoms with E-state index < -0.39 is 198 Å². The molecule has 0 radical (unpaired) electrons. The third-order valence-electron chi connectivity index (χ3n) is 20.4. The lowest BCUT2D eigenvalue weighted by Crippen LogP contribution is -2.61. The van der Waals surface area contributed by atoms with Crippen LogP contribution in [-0.2, 0) is 113 Å².